The molecule has 0 N–H and O–H groups in total. The fraction of sp³-hybridized carbons (Fsp3) is 0.300. The van der Waals surface area contributed by atoms with Crippen LogP contribution in [0.4, 0.5) is 0 Å². The van der Waals surface area contributed by atoms with Gasteiger partial charge in [-0.25, -0.2) is 4.98 Å². The summed E-state index contributed by atoms with van der Waals surface area (Å²) in [7, 11) is 0. The van der Waals surface area contributed by atoms with Gasteiger partial charge in [0.2, 0.25) is 0 Å². The van der Waals surface area contributed by atoms with E-state index in [-0.39, 0.29) is 0 Å². The minimum absolute atomic E-state index is 0.420. The SMILES string of the molecule is CC(C)c1nc(Br)c2c(Br)cccn12. The van der Waals surface area contributed by atoms with E-state index < -0.39 is 0 Å². The van der Waals surface area contributed by atoms with E-state index in [2.05, 4.69) is 55.1 Å². The molecule has 0 fully saturated rings. The molecule has 2 nitrogen and oxygen atoms in total. The molecular formula is C10H10Br2N2. The summed E-state index contributed by atoms with van der Waals surface area (Å²) < 4.78 is 4.07. The van der Waals surface area contributed by atoms with Crippen molar-refractivity contribution in [2.75, 3.05) is 0 Å². The zero-order valence-electron chi connectivity index (χ0n) is 7.96. The van der Waals surface area contributed by atoms with Crippen molar-refractivity contribution >= 4 is 37.4 Å². The largest absolute Gasteiger partial charge is 0.301 e. The van der Waals surface area contributed by atoms with Gasteiger partial charge < -0.3 is 4.40 Å². The normalized spacial score (nSPS) is 11.5. The molecule has 14 heavy (non-hydrogen) atoms. The Bertz CT molecular complexity index is 474. The summed E-state index contributed by atoms with van der Waals surface area (Å²) in [5.41, 5.74) is 1.09. The molecule has 0 spiro atoms. The number of rotatable bonds is 1. The van der Waals surface area contributed by atoms with Crippen LogP contribution in [-0.4, -0.2) is 9.38 Å². The summed E-state index contributed by atoms with van der Waals surface area (Å²) in [6.45, 7) is 4.28. The van der Waals surface area contributed by atoms with E-state index in [0.717, 1.165) is 20.4 Å². The van der Waals surface area contributed by atoms with Crippen molar-refractivity contribution in [1.29, 1.82) is 0 Å². The van der Waals surface area contributed by atoms with Crippen LogP contribution in [-0.2, 0) is 0 Å². The van der Waals surface area contributed by atoms with Gasteiger partial charge in [0.15, 0.2) is 0 Å². The first kappa shape index (κ1) is 10.2. The first-order chi connectivity index (χ1) is 6.61. The molecule has 0 unspecified atom stereocenters. The summed E-state index contributed by atoms with van der Waals surface area (Å²) in [6.07, 6.45) is 2.03. The van der Waals surface area contributed by atoms with Crippen LogP contribution in [0.25, 0.3) is 5.52 Å². The van der Waals surface area contributed by atoms with Gasteiger partial charge in [0.25, 0.3) is 0 Å². The molecule has 0 aliphatic heterocycles. The average Bonchev–Trinajstić information content (AvgIpc) is 2.45. The van der Waals surface area contributed by atoms with Crippen molar-refractivity contribution in [3.8, 4) is 0 Å². The second-order valence-corrected chi connectivity index (χ2v) is 5.10. The average molecular weight is 318 g/mol. The van der Waals surface area contributed by atoms with Crippen LogP contribution in [0.1, 0.15) is 25.6 Å². The summed E-state index contributed by atoms with van der Waals surface area (Å²) in [6, 6.07) is 4.03. The van der Waals surface area contributed by atoms with E-state index in [1.54, 1.807) is 0 Å². The number of aromatic nitrogens is 2. The van der Waals surface area contributed by atoms with E-state index in [4.69, 9.17) is 0 Å². The fourth-order valence-electron chi connectivity index (χ4n) is 1.49. The highest BCUT2D eigenvalue weighted by Crippen LogP contribution is 2.28. The second kappa shape index (κ2) is 3.66. The zero-order valence-corrected chi connectivity index (χ0v) is 11.1. The fourth-order valence-corrected chi connectivity index (χ4v) is 2.87. The second-order valence-electron chi connectivity index (χ2n) is 3.49. The maximum absolute atomic E-state index is 4.50. The zero-order chi connectivity index (χ0) is 10.3. The highest BCUT2D eigenvalue weighted by atomic mass is 79.9. The van der Waals surface area contributed by atoms with E-state index in [0.29, 0.717) is 5.92 Å². The molecule has 0 radical (unpaired) electrons. The van der Waals surface area contributed by atoms with Crippen molar-refractivity contribution < 1.29 is 0 Å². The van der Waals surface area contributed by atoms with Crippen molar-refractivity contribution in [2.45, 2.75) is 19.8 Å². The number of hydrogen-bond acceptors (Lipinski definition) is 1. The Labute approximate surface area is 99.6 Å². The quantitative estimate of drug-likeness (QED) is 0.777. The third-order valence-corrected chi connectivity index (χ3v) is 3.31. The Morgan fingerprint density at radius 3 is 2.71 bits per heavy atom. The topological polar surface area (TPSA) is 17.3 Å². The van der Waals surface area contributed by atoms with E-state index in [1.807, 2.05) is 18.3 Å². The molecule has 0 atom stereocenters. The highest BCUT2D eigenvalue weighted by molar-refractivity contribution is 9.11. The third kappa shape index (κ3) is 1.50. The molecule has 0 aromatic carbocycles. The summed E-state index contributed by atoms with van der Waals surface area (Å²) in [5, 5.41) is 0. The van der Waals surface area contributed by atoms with Gasteiger partial charge in [0, 0.05) is 16.6 Å². The molecule has 0 aliphatic carbocycles. The molecule has 0 saturated carbocycles. The van der Waals surface area contributed by atoms with Gasteiger partial charge >= 0.3 is 0 Å². The predicted molar refractivity (Wildman–Crippen MR) is 64.7 cm³/mol. The molecule has 2 aromatic heterocycles. The number of hydrogen-bond donors (Lipinski definition) is 0. The van der Waals surface area contributed by atoms with Crippen LogP contribution in [0.2, 0.25) is 0 Å². The maximum Gasteiger partial charge on any atom is 0.133 e. The molecule has 2 rings (SSSR count). The Morgan fingerprint density at radius 2 is 2.07 bits per heavy atom. The molecular weight excluding hydrogens is 308 g/mol. The van der Waals surface area contributed by atoms with Crippen LogP contribution < -0.4 is 0 Å². The lowest BCUT2D eigenvalue weighted by atomic mass is 10.2. The van der Waals surface area contributed by atoms with Gasteiger partial charge in [-0.1, -0.05) is 13.8 Å². The predicted octanol–water partition coefficient (Wildman–Crippen LogP) is 3.98. The van der Waals surface area contributed by atoms with E-state index >= 15 is 0 Å². The van der Waals surface area contributed by atoms with Crippen LogP contribution in [0.5, 0.6) is 0 Å². The minimum Gasteiger partial charge on any atom is -0.301 e. The van der Waals surface area contributed by atoms with Crippen LogP contribution in [0.3, 0.4) is 0 Å². The molecule has 0 saturated heterocycles. The van der Waals surface area contributed by atoms with E-state index in [9.17, 15) is 0 Å². The van der Waals surface area contributed by atoms with E-state index in [1.165, 1.54) is 0 Å². The Balaban J connectivity index is 2.84. The van der Waals surface area contributed by atoms with Gasteiger partial charge in [-0.05, 0) is 44.0 Å². The number of imidazole rings is 1. The first-order valence-corrected chi connectivity index (χ1v) is 6.02. The molecule has 0 aliphatic rings. The third-order valence-electron chi connectivity index (χ3n) is 2.12. The van der Waals surface area contributed by atoms with Gasteiger partial charge in [-0.3, -0.25) is 0 Å². The molecule has 0 amide bonds. The Kier molecular flexibility index (Phi) is 2.66. The lowest BCUT2D eigenvalue weighted by molar-refractivity contribution is 0.769. The smallest absolute Gasteiger partial charge is 0.133 e. The number of fused-ring (bicyclic) bond motifs is 1. The monoisotopic (exact) mass is 316 g/mol. The molecule has 0 bridgehead atoms. The number of halogens is 2. The molecule has 4 heteroatoms. The van der Waals surface area contributed by atoms with Gasteiger partial charge in [0.05, 0.1) is 5.52 Å². The van der Waals surface area contributed by atoms with Crippen LogP contribution in [0, 0.1) is 0 Å². The van der Waals surface area contributed by atoms with Crippen molar-refractivity contribution in [3.63, 3.8) is 0 Å². The van der Waals surface area contributed by atoms with Gasteiger partial charge in [0.1, 0.15) is 10.4 Å². The lowest BCUT2D eigenvalue weighted by Crippen LogP contribution is -1.96. The first-order valence-electron chi connectivity index (χ1n) is 4.43. The molecule has 74 valence electrons. The van der Waals surface area contributed by atoms with Crippen molar-refractivity contribution in [2.24, 2.45) is 0 Å². The lowest BCUT2D eigenvalue weighted by Gasteiger charge is -2.03. The number of pyridine rings is 1. The van der Waals surface area contributed by atoms with Gasteiger partial charge in [-0.15, -0.1) is 0 Å². The summed E-state index contributed by atoms with van der Waals surface area (Å²) in [5.74, 6) is 1.50. The highest BCUT2D eigenvalue weighted by Gasteiger charge is 2.13. The van der Waals surface area contributed by atoms with Crippen LogP contribution >= 0.6 is 31.9 Å². The maximum atomic E-state index is 4.50. The Hall–Kier alpha value is -0.350. The van der Waals surface area contributed by atoms with Crippen LogP contribution in [0.15, 0.2) is 27.4 Å². The Morgan fingerprint density at radius 1 is 1.36 bits per heavy atom. The number of nitrogens with zero attached hydrogens (tertiary/aromatic N) is 2. The van der Waals surface area contributed by atoms with Crippen molar-refractivity contribution in [1.82, 2.24) is 9.38 Å². The minimum atomic E-state index is 0.420. The molecule has 2 heterocycles. The summed E-state index contributed by atoms with van der Waals surface area (Å²) in [4.78, 5) is 4.50. The van der Waals surface area contributed by atoms with Crippen molar-refractivity contribution in [3.05, 3.63) is 33.2 Å². The molecule has 2 aromatic rings. The summed E-state index contributed by atoms with van der Waals surface area (Å²) >= 11 is 6.99. The van der Waals surface area contributed by atoms with Gasteiger partial charge in [-0.2, -0.15) is 0 Å². The standard InChI is InChI=1S/C10H10Br2N2/c1-6(2)10-13-9(12)8-7(11)4-3-5-14(8)10/h3-6H,1-2H3.